The van der Waals surface area contributed by atoms with Crippen molar-refractivity contribution in [2.24, 2.45) is 0 Å². The first-order chi connectivity index (χ1) is 8.84. The van der Waals surface area contributed by atoms with E-state index in [0.717, 1.165) is 0 Å². The lowest BCUT2D eigenvalue weighted by molar-refractivity contribution is -0.128. The normalized spacial score (nSPS) is 15.4. The van der Waals surface area contributed by atoms with E-state index in [-0.39, 0.29) is 12.5 Å². The van der Waals surface area contributed by atoms with Crippen LogP contribution in [0, 0.1) is 5.82 Å². The summed E-state index contributed by atoms with van der Waals surface area (Å²) < 4.78 is 18.3. The summed E-state index contributed by atoms with van der Waals surface area (Å²) in [5, 5.41) is 12.4. The summed E-state index contributed by atoms with van der Waals surface area (Å²) >= 11 is 0. The third-order valence-corrected chi connectivity index (χ3v) is 2.88. The SMILES string of the molecule is CCC(C)(O)CNC(=O)C(C)Oc1cccc(F)c1. The number of hydrogen-bond donors (Lipinski definition) is 2. The number of ether oxygens (including phenoxy) is 1. The fourth-order valence-corrected chi connectivity index (χ4v) is 1.34. The standard InChI is InChI=1S/C14H20FNO3/c1-4-14(3,18)9-16-13(17)10(2)19-12-7-5-6-11(15)8-12/h5-8,10,18H,4,9H2,1-3H3,(H,16,17). The predicted molar refractivity (Wildman–Crippen MR) is 70.4 cm³/mol. The van der Waals surface area contributed by atoms with Gasteiger partial charge in [-0.25, -0.2) is 4.39 Å². The van der Waals surface area contributed by atoms with Crippen molar-refractivity contribution in [2.75, 3.05) is 6.54 Å². The van der Waals surface area contributed by atoms with Gasteiger partial charge in [0.1, 0.15) is 11.6 Å². The molecule has 0 aliphatic rings. The highest BCUT2D eigenvalue weighted by Crippen LogP contribution is 2.14. The van der Waals surface area contributed by atoms with Gasteiger partial charge >= 0.3 is 0 Å². The number of halogens is 1. The highest BCUT2D eigenvalue weighted by atomic mass is 19.1. The van der Waals surface area contributed by atoms with Crippen LogP contribution in [0.1, 0.15) is 27.2 Å². The van der Waals surface area contributed by atoms with Crippen molar-refractivity contribution >= 4 is 5.91 Å². The van der Waals surface area contributed by atoms with Gasteiger partial charge in [0, 0.05) is 12.6 Å². The van der Waals surface area contributed by atoms with Gasteiger partial charge in [-0.2, -0.15) is 0 Å². The summed E-state index contributed by atoms with van der Waals surface area (Å²) in [5.41, 5.74) is -0.936. The molecule has 2 atom stereocenters. The Morgan fingerprint density at radius 1 is 1.58 bits per heavy atom. The van der Waals surface area contributed by atoms with E-state index in [9.17, 15) is 14.3 Å². The van der Waals surface area contributed by atoms with Crippen molar-refractivity contribution in [1.82, 2.24) is 5.32 Å². The first kappa shape index (κ1) is 15.4. The zero-order valence-corrected chi connectivity index (χ0v) is 11.4. The Morgan fingerprint density at radius 3 is 2.84 bits per heavy atom. The molecule has 0 saturated carbocycles. The lowest BCUT2D eigenvalue weighted by Gasteiger charge is -2.23. The molecule has 1 amide bonds. The summed E-state index contributed by atoms with van der Waals surface area (Å²) in [5.74, 6) is -0.470. The third-order valence-electron chi connectivity index (χ3n) is 2.88. The average Bonchev–Trinajstić information content (AvgIpc) is 2.36. The molecular formula is C14H20FNO3. The van der Waals surface area contributed by atoms with E-state index in [1.165, 1.54) is 18.2 Å². The first-order valence-corrected chi connectivity index (χ1v) is 6.26. The van der Waals surface area contributed by atoms with Crippen LogP contribution in [0.2, 0.25) is 0 Å². The summed E-state index contributed by atoms with van der Waals surface area (Å²) in [6.07, 6.45) is -0.221. The molecule has 19 heavy (non-hydrogen) atoms. The monoisotopic (exact) mass is 269 g/mol. The maximum absolute atomic E-state index is 13.0. The van der Waals surface area contributed by atoms with E-state index in [1.807, 2.05) is 6.92 Å². The Balaban J connectivity index is 2.49. The van der Waals surface area contributed by atoms with Gasteiger partial charge in [-0.15, -0.1) is 0 Å². The largest absolute Gasteiger partial charge is 0.481 e. The van der Waals surface area contributed by atoms with Crippen molar-refractivity contribution in [1.29, 1.82) is 0 Å². The molecule has 4 nitrogen and oxygen atoms in total. The molecule has 0 aromatic heterocycles. The number of amides is 1. The van der Waals surface area contributed by atoms with E-state index in [4.69, 9.17) is 4.74 Å². The lowest BCUT2D eigenvalue weighted by atomic mass is 10.0. The highest BCUT2D eigenvalue weighted by Gasteiger charge is 2.21. The molecule has 0 aliphatic heterocycles. The first-order valence-electron chi connectivity index (χ1n) is 6.26. The fourth-order valence-electron chi connectivity index (χ4n) is 1.34. The molecule has 106 valence electrons. The van der Waals surface area contributed by atoms with Gasteiger partial charge in [-0.05, 0) is 32.4 Å². The van der Waals surface area contributed by atoms with E-state index in [0.29, 0.717) is 12.2 Å². The topological polar surface area (TPSA) is 58.6 Å². The zero-order chi connectivity index (χ0) is 14.5. The average molecular weight is 269 g/mol. The van der Waals surface area contributed by atoms with Crippen LogP contribution in [-0.4, -0.2) is 29.3 Å². The minimum atomic E-state index is -0.936. The van der Waals surface area contributed by atoms with E-state index >= 15 is 0 Å². The molecular weight excluding hydrogens is 249 g/mol. The van der Waals surface area contributed by atoms with Crippen LogP contribution in [0.5, 0.6) is 5.75 Å². The van der Waals surface area contributed by atoms with E-state index in [2.05, 4.69) is 5.32 Å². The second kappa shape index (κ2) is 6.52. The maximum Gasteiger partial charge on any atom is 0.260 e. The number of benzene rings is 1. The Kier molecular flexibility index (Phi) is 5.30. The molecule has 5 heteroatoms. The zero-order valence-electron chi connectivity index (χ0n) is 11.4. The van der Waals surface area contributed by atoms with Crippen LogP contribution in [-0.2, 0) is 4.79 Å². The van der Waals surface area contributed by atoms with Crippen molar-refractivity contribution in [2.45, 2.75) is 38.9 Å². The van der Waals surface area contributed by atoms with Gasteiger partial charge < -0.3 is 15.2 Å². The van der Waals surface area contributed by atoms with Crippen LogP contribution >= 0.6 is 0 Å². The molecule has 0 bridgehead atoms. The van der Waals surface area contributed by atoms with Gasteiger partial charge in [0.25, 0.3) is 5.91 Å². The number of aliphatic hydroxyl groups is 1. The summed E-state index contributed by atoms with van der Waals surface area (Å²) in [6.45, 7) is 5.20. The minimum Gasteiger partial charge on any atom is -0.481 e. The minimum absolute atomic E-state index is 0.152. The van der Waals surface area contributed by atoms with Gasteiger partial charge in [-0.1, -0.05) is 13.0 Å². The number of rotatable bonds is 6. The summed E-state index contributed by atoms with van der Waals surface area (Å²) in [6, 6.07) is 5.61. The predicted octanol–water partition coefficient (Wildman–Crippen LogP) is 1.87. The molecule has 1 aromatic rings. The Hall–Kier alpha value is -1.62. The van der Waals surface area contributed by atoms with Gasteiger partial charge in [0.05, 0.1) is 5.60 Å². The van der Waals surface area contributed by atoms with Crippen LogP contribution in [0.15, 0.2) is 24.3 Å². The molecule has 0 radical (unpaired) electrons. The van der Waals surface area contributed by atoms with Crippen molar-refractivity contribution in [3.05, 3.63) is 30.1 Å². The van der Waals surface area contributed by atoms with Gasteiger partial charge in [0.15, 0.2) is 6.10 Å². The quantitative estimate of drug-likeness (QED) is 0.829. The second-order valence-electron chi connectivity index (χ2n) is 4.79. The molecule has 1 aromatic carbocycles. The van der Waals surface area contributed by atoms with Crippen LogP contribution < -0.4 is 10.1 Å². The molecule has 0 aliphatic carbocycles. The Labute approximate surface area is 112 Å². The Morgan fingerprint density at radius 2 is 2.26 bits per heavy atom. The summed E-state index contributed by atoms with van der Waals surface area (Å²) in [7, 11) is 0. The van der Waals surface area contributed by atoms with Gasteiger partial charge in [0.2, 0.25) is 0 Å². The van der Waals surface area contributed by atoms with E-state index in [1.54, 1.807) is 19.9 Å². The third kappa shape index (κ3) is 5.26. The van der Waals surface area contributed by atoms with Crippen molar-refractivity contribution in [3.63, 3.8) is 0 Å². The molecule has 2 unspecified atom stereocenters. The highest BCUT2D eigenvalue weighted by molar-refractivity contribution is 5.80. The maximum atomic E-state index is 13.0. The van der Waals surface area contributed by atoms with Crippen molar-refractivity contribution in [3.8, 4) is 5.75 Å². The van der Waals surface area contributed by atoms with E-state index < -0.39 is 17.5 Å². The summed E-state index contributed by atoms with van der Waals surface area (Å²) in [4.78, 5) is 11.8. The smallest absolute Gasteiger partial charge is 0.260 e. The fraction of sp³-hybridized carbons (Fsp3) is 0.500. The molecule has 1 rings (SSSR count). The van der Waals surface area contributed by atoms with Crippen LogP contribution in [0.3, 0.4) is 0 Å². The lowest BCUT2D eigenvalue weighted by Crippen LogP contribution is -2.44. The van der Waals surface area contributed by atoms with Crippen LogP contribution in [0.4, 0.5) is 4.39 Å². The van der Waals surface area contributed by atoms with Crippen LogP contribution in [0.25, 0.3) is 0 Å². The molecule has 2 N–H and O–H groups in total. The molecule has 0 fully saturated rings. The number of nitrogens with one attached hydrogen (secondary N) is 1. The number of carbonyl (C=O) groups excluding carboxylic acids is 1. The Bertz CT molecular complexity index is 434. The van der Waals surface area contributed by atoms with Gasteiger partial charge in [-0.3, -0.25) is 4.79 Å². The second-order valence-corrected chi connectivity index (χ2v) is 4.79. The number of hydrogen-bond acceptors (Lipinski definition) is 3. The molecule has 0 spiro atoms. The molecule has 0 heterocycles. The number of carbonyl (C=O) groups is 1. The van der Waals surface area contributed by atoms with Crippen molar-refractivity contribution < 1.29 is 19.0 Å². The molecule has 0 saturated heterocycles.